The number of hydrogen-bond acceptors (Lipinski definition) is 4. The molecule has 0 fully saturated rings. The Morgan fingerprint density at radius 2 is 1.93 bits per heavy atom. The van der Waals surface area contributed by atoms with Gasteiger partial charge in [0.2, 0.25) is 0 Å². The number of nitrogens with one attached hydrogen (secondary N) is 2. The van der Waals surface area contributed by atoms with E-state index in [0.717, 1.165) is 17.8 Å². The van der Waals surface area contributed by atoms with Crippen LogP contribution in [0.1, 0.15) is 51.1 Å². The Morgan fingerprint density at radius 1 is 1.26 bits per heavy atom. The molecule has 0 aliphatic rings. The van der Waals surface area contributed by atoms with Crippen molar-refractivity contribution in [1.82, 2.24) is 25.3 Å². The van der Waals surface area contributed by atoms with Crippen LogP contribution in [0.2, 0.25) is 0 Å². The number of aromatic nitrogens is 2. The molecule has 8 nitrogen and oxygen atoms in total. The molecule has 0 bridgehead atoms. The topological polar surface area (TPSA) is 83.8 Å². The molecule has 2 N–H and O–H groups in total. The minimum Gasteiger partial charge on any atom is -0.444 e. The van der Waals surface area contributed by atoms with Crippen LogP contribution in [0.4, 0.5) is 4.79 Å². The summed E-state index contributed by atoms with van der Waals surface area (Å²) in [5.41, 5.74) is 2.82. The van der Waals surface area contributed by atoms with Gasteiger partial charge in [0, 0.05) is 51.5 Å². The molecule has 0 unspecified atom stereocenters. The van der Waals surface area contributed by atoms with Crippen molar-refractivity contribution in [3.05, 3.63) is 17.0 Å². The van der Waals surface area contributed by atoms with Crippen LogP contribution < -0.4 is 10.6 Å². The van der Waals surface area contributed by atoms with Gasteiger partial charge in [0.15, 0.2) is 5.96 Å². The van der Waals surface area contributed by atoms with Crippen LogP contribution in [0.25, 0.3) is 0 Å². The Morgan fingerprint density at radius 3 is 2.41 bits per heavy atom. The molecular weight excluding hydrogens is 344 g/mol. The second kappa shape index (κ2) is 10.2. The fraction of sp³-hybridized carbons (Fsp3) is 0.737. The summed E-state index contributed by atoms with van der Waals surface area (Å²) in [5.74, 6) is 0.693. The summed E-state index contributed by atoms with van der Waals surface area (Å²) in [6, 6.07) is 0. The van der Waals surface area contributed by atoms with Crippen molar-refractivity contribution in [2.24, 2.45) is 12.0 Å². The number of nitrogens with zero attached hydrogens (tertiary/aromatic N) is 4. The second-order valence-corrected chi connectivity index (χ2v) is 7.59. The van der Waals surface area contributed by atoms with E-state index in [1.165, 1.54) is 5.56 Å². The summed E-state index contributed by atoms with van der Waals surface area (Å²) in [4.78, 5) is 18.3. The van der Waals surface area contributed by atoms with Gasteiger partial charge >= 0.3 is 6.09 Å². The SMILES string of the molecule is CCCN(CCNC(=NC)NCc1c(C)nn(C)c1C)C(=O)OC(C)(C)C. The number of aryl methyl sites for hydroxylation is 2. The zero-order chi connectivity index (χ0) is 20.6. The van der Waals surface area contributed by atoms with Crippen molar-refractivity contribution in [3.8, 4) is 0 Å². The van der Waals surface area contributed by atoms with E-state index >= 15 is 0 Å². The number of guanidine groups is 1. The lowest BCUT2D eigenvalue weighted by molar-refractivity contribution is 0.0253. The van der Waals surface area contributed by atoms with Gasteiger partial charge in [-0.3, -0.25) is 9.67 Å². The minimum atomic E-state index is -0.493. The van der Waals surface area contributed by atoms with E-state index in [4.69, 9.17) is 4.74 Å². The Kier molecular flexibility index (Phi) is 8.59. The first kappa shape index (κ1) is 22.8. The Bertz CT molecular complexity index is 645. The zero-order valence-corrected chi connectivity index (χ0v) is 18.1. The monoisotopic (exact) mass is 380 g/mol. The van der Waals surface area contributed by atoms with Gasteiger partial charge in [-0.15, -0.1) is 0 Å². The van der Waals surface area contributed by atoms with Gasteiger partial charge in [-0.25, -0.2) is 4.79 Å². The van der Waals surface area contributed by atoms with Crippen molar-refractivity contribution in [2.75, 3.05) is 26.7 Å². The lowest BCUT2D eigenvalue weighted by Gasteiger charge is -2.27. The summed E-state index contributed by atoms with van der Waals surface area (Å²) >= 11 is 0. The summed E-state index contributed by atoms with van der Waals surface area (Å²) in [7, 11) is 3.67. The van der Waals surface area contributed by atoms with Gasteiger partial charge < -0.3 is 20.3 Å². The maximum atomic E-state index is 12.3. The highest BCUT2D eigenvalue weighted by Gasteiger charge is 2.21. The van der Waals surface area contributed by atoms with Crippen molar-refractivity contribution in [2.45, 2.75) is 60.1 Å². The van der Waals surface area contributed by atoms with Gasteiger partial charge in [0.05, 0.1) is 5.69 Å². The highest BCUT2D eigenvalue weighted by molar-refractivity contribution is 5.79. The van der Waals surface area contributed by atoms with Crippen molar-refractivity contribution in [3.63, 3.8) is 0 Å². The van der Waals surface area contributed by atoms with Crippen LogP contribution in [0.3, 0.4) is 0 Å². The molecule has 0 spiro atoms. The molecule has 1 amide bonds. The molecule has 1 aromatic rings. The third-order valence-electron chi connectivity index (χ3n) is 4.13. The predicted octanol–water partition coefficient (Wildman–Crippen LogP) is 2.35. The van der Waals surface area contributed by atoms with Crippen LogP contribution >= 0.6 is 0 Å². The van der Waals surface area contributed by atoms with Gasteiger partial charge in [-0.05, 0) is 41.0 Å². The predicted molar refractivity (Wildman–Crippen MR) is 109 cm³/mol. The molecule has 0 atom stereocenters. The molecular formula is C19H36N6O2. The lowest BCUT2D eigenvalue weighted by Crippen LogP contribution is -2.44. The average Bonchev–Trinajstić information content (AvgIpc) is 2.80. The molecule has 1 heterocycles. The number of ether oxygens (including phenoxy) is 1. The molecule has 8 heteroatoms. The van der Waals surface area contributed by atoms with E-state index in [1.807, 2.05) is 46.3 Å². The fourth-order valence-electron chi connectivity index (χ4n) is 2.67. The number of rotatable bonds is 7. The van der Waals surface area contributed by atoms with E-state index in [9.17, 15) is 4.79 Å². The minimum absolute atomic E-state index is 0.282. The van der Waals surface area contributed by atoms with E-state index in [2.05, 4.69) is 27.6 Å². The first-order valence-electron chi connectivity index (χ1n) is 9.50. The molecule has 154 valence electrons. The van der Waals surface area contributed by atoms with Gasteiger partial charge in [-0.1, -0.05) is 6.92 Å². The summed E-state index contributed by atoms with van der Waals surface area (Å²) in [5, 5.41) is 11.0. The summed E-state index contributed by atoms with van der Waals surface area (Å²) in [6.45, 7) is 14.2. The van der Waals surface area contributed by atoms with Gasteiger partial charge in [-0.2, -0.15) is 5.10 Å². The number of aliphatic imine (C=N–C) groups is 1. The molecule has 0 radical (unpaired) electrons. The first-order valence-corrected chi connectivity index (χ1v) is 9.50. The third kappa shape index (κ3) is 7.48. The van der Waals surface area contributed by atoms with Crippen LogP contribution in [-0.2, 0) is 18.3 Å². The molecule has 0 saturated heterocycles. The van der Waals surface area contributed by atoms with Crippen LogP contribution in [0.15, 0.2) is 4.99 Å². The highest BCUT2D eigenvalue weighted by Crippen LogP contribution is 2.11. The summed E-state index contributed by atoms with van der Waals surface area (Å²) < 4.78 is 7.36. The number of carbonyl (C=O) groups excluding carboxylic acids is 1. The van der Waals surface area contributed by atoms with E-state index in [-0.39, 0.29) is 6.09 Å². The van der Waals surface area contributed by atoms with Crippen LogP contribution in [0, 0.1) is 13.8 Å². The van der Waals surface area contributed by atoms with Crippen LogP contribution in [-0.4, -0.2) is 59.0 Å². The van der Waals surface area contributed by atoms with Crippen molar-refractivity contribution >= 4 is 12.1 Å². The maximum Gasteiger partial charge on any atom is 0.410 e. The van der Waals surface area contributed by atoms with E-state index < -0.39 is 5.60 Å². The quantitative estimate of drug-likeness (QED) is 0.560. The second-order valence-electron chi connectivity index (χ2n) is 7.59. The molecule has 1 aromatic heterocycles. The largest absolute Gasteiger partial charge is 0.444 e. The average molecular weight is 381 g/mol. The molecule has 0 aliphatic carbocycles. The number of hydrogen-bond donors (Lipinski definition) is 2. The van der Waals surface area contributed by atoms with E-state index in [1.54, 1.807) is 11.9 Å². The lowest BCUT2D eigenvalue weighted by atomic mass is 10.2. The smallest absolute Gasteiger partial charge is 0.410 e. The Balaban J connectivity index is 2.54. The highest BCUT2D eigenvalue weighted by atomic mass is 16.6. The molecule has 0 saturated carbocycles. The molecule has 0 aromatic carbocycles. The number of amides is 1. The first-order chi connectivity index (χ1) is 12.6. The zero-order valence-electron chi connectivity index (χ0n) is 18.1. The third-order valence-corrected chi connectivity index (χ3v) is 4.13. The molecule has 27 heavy (non-hydrogen) atoms. The Labute approximate surface area is 163 Å². The van der Waals surface area contributed by atoms with Crippen molar-refractivity contribution < 1.29 is 9.53 Å². The fourth-order valence-corrected chi connectivity index (χ4v) is 2.67. The van der Waals surface area contributed by atoms with Crippen molar-refractivity contribution in [1.29, 1.82) is 0 Å². The normalized spacial score (nSPS) is 12.1. The van der Waals surface area contributed by atoms with Gasteiger partial charge in [0.25, 0.3) is 0 Å². The maximum absolute atomic E-state index is 12.3. The Hall–Kier alpha value is -2.25. The van der Waals surface area contributed by atoms with Crippen LogP contribution in [0.5, 0.6) is 0 Å². The standard InChI is InChI=1S/C19H36N6O2/c1-9-11-25(18(26)27-19(4,5)6)12-10-21-17(20-7)22-13-16-14(2)23-24(8)15(16)3/h9-13H2,1-8H3,(H2,20,21,22). The molecule has 0 aliphatic heterocycles. The summed E-state index contributed by atoms with van der Waals surface area (Å²) in [6.07, 6.45) is 0.599. The van der Waals surface area contributed by atoms with Gasteiger partial charge in [0.1, 0.15) is 5.60 Å². The molecule has 1 rings (SSSR count). The van der Waals surface area contributed by atoms with E-state index in [0.29, 0.717) is 32.1 Å². The number of carbonyl (C=O) groups is 1.